The van der Waals surface area contributed by atoms with E-state index >= 15 is 0 Å². The molecule has 0 saturated carbocycles. The van der Waals surface area contributed by atoms with Crippen LogP contribution in [0.3, 0.4) is 0 Å². The molecule has 0 aliphatic carbocycles. The fourth-order valence-corrected chi connectivity index (χ4v) is 1.55. The van der Waals surface area contributed by atoms with Crippen molar-refractivity contribution in [3.05, 3.63) is 0 Å². The molecule has 1 amide bonds. The van der Waals surface area contributed by atoms with Crippen LogP contribution in [0.2, 0.25) is 0 Å². The lowest BCUT2D eigenvalue weighted by molar-refractivity contribution is -0.130. The second-order valence-electron chi connectivity index (χ2n) is 3.77. The topological polar surface area (TPSA) is 32.3 Å². The SMILES string of the molecule is CCCCCNCCC(=O)N(CC)CC. The van der Waals surface area contributed by atoms with Crippen LogP contribution in [0.1, 0.15) is 46.5 Å². The maximum Gasteiger partial charge on any atom is 0.223 e. The molecule has 1 N–H and O–H groups in total. The first-order valence-corrected chi connectivity index (χ1v) is 6.24. The van der Waals surface area contributed by atoms with Crippen molar-refractivity contribution < 1.29 is 4.79 Å². The molecule has 0 rings (SSSR count). The minimum atomic E-state index is 0.267. The van der Waals surface area contributed by atoms with Gasteiger partial charge in [-0.25, -0.2) is 0 Å². The van der Waals surface area contributed by atoms with E-state index in [9.17, 15) is 4.79 Å². The van der Waals surface area contributed by atoms with E-state index < -0.39 is 0 Å². The van der Waals surface area contributed by atoms with Crippen molar-refractivity contribution in [3.63, 3.8) is 0 Å². The number of rotatable bonds is 9. The highest BCUT2D eigenvalue weighted by atomic mass is 16.2. The number of nitrogens with zero attached hydrogens (tertiary/aromatic N) is 1. The van der Waals surface area contributed by atoms with E-state index in [0.717, 1.165) is 26.2 Å². The van der Waals surface area contributed by atoms with Gasteiger partial charge in [-0.3, -0.25) is 4.79 Å². The Morgan fingerprint density at radius 2 is 1.73 bits per heavy atom. The van der Waals surface area contributed by atoms with Crippen LogP contribution in [0, 0.1) is 0 Å². The van der Waals surface area contributed by atoms with Crippen molar-refractivity contribution in [3.8, 4) is 0 Å². The minimum Gasteiger partial charge on any atom is -0.343 e. The summed E-state index contributed by atoms with van der Waals surface area (Å²) < 4.78 is 0. The Morgan fingerprint density at radius 1 is 1.07 bits per heavy atom. The van der Waals surface area contributed by atoms with Gasteiger partial charge in [0.1, 0.15) is 0 Å². The zero-order valence-corrected chi connectivity index (χ0v) is 10.5. The van der Waals surface area contributed by atoms with Crippen LogP contribution >= 0.6 is 0 Å². The van der Waals surface area contributed by atoms with Crippen molar-refractivity contribution in [2.75, 3.05) is 26.2 Å². The molecule has 0 fully saturated rings. The van der Waals surface area contributed by atoms with Crippen LogP contribution in [-0.4, -0.2) is 37.0 Å². The summed E-state index contributed by atoms with van der Waals surface area (Å²) in [7, 11) is 0. The molecule has 0 heterocycles. The number of nitrogens with one attached hydrogen (secondary N) is 1. The van der Waals surface area contributed by atoms with Gasteiger partial charge < -0.3 is 10.2 Å². The van der Waals surface area contributed by atoms with E-state index in [4.69, 9.17) is 0 Å². The van der Waals surface area contributed by atoms with Crippen LogP contribution in [0.25, 0.3) is 0 Å². The molecule has 0 unspecified atom stereocenters. The van der Waals surface area contributed by atoms with E-state index in [2.05, 4.69) is 12.2 Å². The van der Waals surface area contributed by atoms with E-state index in [1.807, 2.05) is 18.7 Å². The second kappa shape index (κ2) is 9.97. The zero-order valence-electron chi connectivity index (χ0n) is 10.5. The number of carbonyl (C=O) groups is 1. The van der Waals surface area contributed by atoms with Crippen LogP contribution < -0.4 is 5.32 Å². The average molecular weight is 214 g/mol. The summed E-state index contributed by atoms with van der Waals surface area (Å²) in [6.45, 7) is 9.75. The summed E-state index contributed by atoms with van der Waals surface area (Å²) in [6, 6.07) is 0. The van der Waals surface area contributed by atoms with Crippen molar-refractivity contribution in [2.24, 2.45) is 0 Å². The first-order valence-electron chi connectivity index (χ1n) is 6.24. The lowest BCUT2D eigenvalue weighted by Gasteiger charge is -2.18. The highest BCUT2D eigenvalue weighted by molar-refractivity contribution is 5.76. The molecule has 90 valence electrons. The summed E-state index contributed by atoms with van der Waals surface area (Å²) in [4.78, 5) is 13.5. The molecule has 15 heavy (non-hydrogen) atoms. The van der Waals surface area contributed by atoms with Gasteiger partial charge in [0.25, 0.3) is 0 Å². The summed E-state index contributed by atoms with van der Waals surface area (Å²) in [5.74, 6) is 0.267. The van der Waals surface area contributed by atoms with Gasteiger partial charge in [0.15, 0.2) is 0 Å². The third-order valence-electron chi connectivity index (χ3n) is 2.59. The second-order valence-corrected chi connectivity index (χ2v) is 3.77. The third kappa shape index (κ3) is 7.37. The van der Waals surface area contributed by atoms with Crippen LogP contribution in [-0.2, 0) is 4.79 Å². The molecule has 0 bridgehead atoms. The molecule has 3 heteroatoms. The monoisotopic (exact) mass is 214 g/mol. The van der Waals surface area contributed by atoms with Crippen molar-refractivity contribution in [1.82, 2.24) is 10.2 Å². The summed E-state index contributed by atoms with van der Waals surface area (Å²) in [5.41, 5.74) is 0. The predicted molar refractivity (Wildman–Crippen MR) is 64.9 cm³/mol. The van der Waals surface area contributed by atoms with Gasteiger partial charge in [0.2, 0.25) is 5.91 Å². The lowest BCUT2D eigenvalue weighted by Crippen LogP contribution is -2.33. The Kier molecular flexibility index (Phi) is 9.59. The number of unbranched alkanes of at least 4 members (excludes halogenated alkanes) is 2. The highest BCUT2D eigenvalue weighted by Crippen LogP contribution is 1.94. The molecule has 0 aliphatic heterocycles. The fraction of sp³-hybridized carbons (Fsp3) is 0.917. The maximum absolute atomic E-state index is 11.6. The minimum absolute atomic E-state index is 0.267. The van der Waals surface area contributed by atoms with Gasteiger partial charge in [-0.2, -0.15) is 0 Å². The standard InChI is InChI=1S/C12H26N2O/c1-4-7-8-10-13-11-9-12(15)14(5-2)6-3/h13H,4-11H2,1-3H3. The maximum atomic E-state index is 11.6. The Hall–Kier alpha value is -0.570. The summed E-state index contributed by atoms with van der Waals surface area (Å²) in [6.07, 6.45) is 4.38. The van der Waals surface area contributed by atoms with Crippen molar-refractivity contribution >= 4 is 5.91 Å². The predicted octanol–water partition coefficient (Wildman–Crippen LogP) is 2.02. The van der Waals surface area contributed by atoms with Gasteiger partial charge >= 0.3 is 0 Å². The van der Waals surface area contributed by atoms with E-state index in [0.29, 0.717) is 6.42 Å². The first kappa shape index (κ1) is 14.4. The van der Waals surface area contributed by atoms with E-state index in [1.54, 1.807) is 0 Å². The Morgan fingerprint density at radius 3 is 2.27 bits per heavy atom. The average Bonchev–Trinajstić information content (AvgIpc) is 2.25. The molecular weight excluding hydrogens is 188 g/mol. The molecule has 0 spiro atoms. The number of carbonyl (C=O) groups excluding carboxylic acids is 1. The number of hydrogen-bond acceptors (Lipinski definition) is 2. The molecule has 0 aromatic heterocycles. The third-order valence-corrected chi connectivity index (χ3v) is 2.59. The highest BCUT2D eigenvalue weighted by Gasteiger charge is 2.07. The molecular formula is C12H26N2O. The molecule has 0 aromatic carbocycles. The van der Waals surface area contributed by atoms with Crippen LogP contribution in [0.4, 0.5) is 0 Å². The van der Waals surface area contributed by atoms with Gasteiger partial charge in [0, 0.05) is 26.1 Å². The molecule has 0 saturated heterocycles. The van der Waals surface area contributed by atoms with Crippen molar-refractivity contribution in [1.29, 1.82) is 0 Å². The van der Waals surface area contributed by atoms with Gasteiger partial charge in [0.05, 0.1) is 0 Å². The Balaban J connectivity index is 3.38. The largest absolute Gasteiger partial charge is 0.343 e. The normalized spacial score (nSPS) is 10.3. The molecule has 3 nitrogen and oxygen atoms in total. The fourth-order valence-electron chi connectivity index (χ4n) is 1.55. The van der Waals surface area contributed by atoms with Crippen LogP contribution in [0.5, 0.6) is 0 Å². The smallest absolute Gasteiger partial charge is 0.223 e. The lowest BCUT2D eigenvalue weighted by atomic mass is 10.2. The molecule has 0 radical (unpaired) electrons. The summed E-state index contributed by atoms with van der Waals surface area (Å²) >= 11 is 0. The van der Waals surface area contributed by atoms with Crippen LogP contribution in [0.15, 0.2) is 0 Å². The quantitative estimate of drug-likeness (QED) is 0.596. The first-order chi connectivity index (χ1) is 7.26. The Bertz CT molecular complexity index is 156. The van der Waals surface area contributed by atoms with E-state index in [-0.39, 0.29) is 5.91 Å². The van der Waals surface area contributed by atoms with Gasteiger partial charge in [-0.1, -0.05) is 19.8 Å². The number of hydrogen-bond donors (Lipinski definition) is 1. The molecule has 0 aromatic rings. The van der Waals surface area contributed by atoms with Crippen molar-refractivity contribution in [2.45, 2.75) is 46.5 Å². The molecule has 0 aliphatic rings. The zero-order chi connectivity index (χ0) is 11.5. The van der Waals surface area contributed by atoms with Gasteiger partial charge in [-0.15, -0.1) is 0 Å². The van der Waals surface area contributed by atoms with Gasteiger partial charge in [-0.05, 0) is 26.8 Å². The summed E-state index contributed by atoms with van der Waals surface area (Å²) in [5, 5.41) is 3.31. The number of amides is 1. The van der Waals surface area contributed by atoms with E-state index in [1.165, 1.54) is 19.3 Å². The Labute approximate surface area is 94.2 Å². The molecule has 0 atom stereocenters.